The zero-order valence-electron chi connectivity index (χ0n) is 15.2. The Hall–Kier alpha value is -2.53. The van der Waals surface area contributed by atoms with Crippen molar-refractivity contribution in [2.75, 3.05) is 18.4 Å². The maximum Gasteiger partial charge on any atom is 0.255 e. The summed E-state index contributed by atoms with van der Waals surface area (Å²) in [5, 5.41) is 2.63. The Bertz CT molecular complexity index is 1050. The first-order chi connectivity index (χ1) is 13.2. The summed E-state index contributed by atoms with van der Waals surface area (Å²) in [4.78, 5) is 12.4. The summed E-state index contributed by atoms with van der Waals surface area (Å²) in [6.45, 7) is 5.50. The molecule has 8 nitrogen and oxygen atoms in total. The molecule has 10 heteroatoms. The molecule has 0 atom stereocenters. The second-order valence-electron chi connectivity index (χ2n) is 5.64. The number of carbonyl (C=O) groups excluding carboxylic acids is 1. The fourth-order valence-electron chi connectivity index (χ4n) is 2.23. The van der Waals surface area contributed by atoms with E-state index in [-0.39, 0.29) is 28.4 Å². The van der Waals surface area contributed by atoms with Crippen LogP contribution in [0.1, 0.15) is 17.3 Å². The van der Waals surface area contributed by atoms with Crippen LogP contribution in [0.4, 0.5) is 5.69 Å². The number of rotatable bonds is 9. The van der Waals surface area contributed by atoms with Crippen molar-refractivity contribution >= 4 is 31.6 Å². The highest BCUT2D eigenvalue weighted by atomic mass is 32.2. The molecule has 2 aromatic rings. The van der Waals surface area contributed by atoms with Crippen molar-refractivity contribution in [3.8, 4) is 0 Å². The summed E-state index contributed by atoms with van der Waals surface area (Å²) in [6, 6.07) is 11.1. The molecule has 0 aliphatic heterocycles. The number of benzene rings is 2. The monoisotopic (exact) mass is 423 g/mol. The predicted octanol–water partition coefficient (Wildman–Crippen LogP) is 1.70. The minimum absolute atomic E-state index is 0.0314. The summed E-state index contributed by atoms with van der Waals surface area (Å²) in [7, 11) is -7.23. The van der Waals surface area contributed by atoms with Crippen LogP contribution in [-0.2, 0) is 20.0 Å². The molecule has 0 aliphatic carbocycles. The zero-order valence-corrected chi connectivity index (χ0v) is 16.8. The van der Waals surface area contributed by atoms with Gasteiger partial charge in [0.05, 0.1) is 9.79 Å². The SMILES string of the molecule is C=CCNS(=O)(=O)c1ccc(C(=O)Nc2ccc(S(=O)(=O)NCC)cc2)cc1. The Morgan fingerprint density at radius 3 is 1.89 bits per heavy atom. The van der Waals surface area contributed by atoms with Gasteiger partial charge in [0, 0.05) is 24.3 Å². The van der Waals surface area contributed by atoms with Gasteiger partial charge in [0.25, 0.3) is 5.91 Å². The maximum absolute atomic E-state index is 12.3. The third-order valence-corrected chi connectivity index (χ3v) is 6.60. The lowest BCUT2D eigenvalue weighted by Crippen LogP contribution is -2.23. The van der Waals surface area contributed by atoms with Gasteiger partial charge >= 0.3 is 0 Å². The minimum Gasteiger partial charge on any atom is -0.322 e. The van der Waals surface area contributed by atoms with Crippen LogP contribution in [0, 0.1) is 0 Å². The smallest absolute Gasteiger partial charge is 0.255 e. The molecule has 0 aromatic heterocycles. The van der Waals surface area contributed by atoms with Crippen molar-refractivity contribution in [2.45, 2.75) is 16.7 Å². The fraction of sp³-hybridized carbons (Fsp3) is 0.167. The molecule has 0 saturated heterocycles. The fourth-order valence-corrected chi connectivity index (χ4v) is 4.27. The molecule has 0 aliphatic rings. The van der Waals surface area contributed by atoms with Crippen LogP contribution in [0.2, 0.25) is 0 Å². The van der Waals surface area contributed by atoms with Gasteiger partial charge in [-0.15, -0.1) is 6.58 Å². The second-order valence-corrected chi connectivity index (χ2v) is 9.18. The number of anilines is 1. The average molecular weight is 424 g/mol. The van der Waals surface area contributed by atoms with Crippen LogP contribution in [0.15, 0.2) is 71.0 Å². The lowest BCUT2D eigenvalue weighted by atomic mass is 10.2. The Balaban J connectivity index is 2.10. The molecule has 0 radical (unpaired) electrons. The molecule has 0 spiro atoms. The van der Waals surface area contributed by atoms with Crippen LogP contribution in [0.5, 0.6) is 0 Å². The number of hydrogen-bond donors (Lipinski definition) is 3. The quantitative estimate of drug-likeness (QED) is 0.530. The van der Waals surface area contributed by atoms with Crippen LogP contribution in [-0.4, -0.2) is 35.8 Å². The van der Waals surface area contributed by atoms with Gasteiger partial charge in [0.2, 0.25) is 20.0 Å². The summed E-state index contributed by atoms with van der Waals surface area (Å²) in [6.07, 6.45) is 1.42. The maximum atomic E-state index is 12.3. The molecular weight excluding hydrogens is 402 g/mol. The number of nitrogens with one attached hydrogen (secondary N) is 3. The molecule has 0 unspecified atom stereocenters. The normalized spacial score (nSPS) is 11.8. The zero-order chi connectivity index (χ0) is 20.8. The molecule has 28 heavy (non-hydrogen) atoms. The third kappa shape index (κ3) is 5.49. The van der Waals surface area contributed by atoms with Gasteiger partial charge in [0.1, 0.15) is 0 Å². The molecule has 0 bridgehead atoms. The molecule has 0 heterocycles. The highest BCUT2D eigenvalue weighted by Gasteiger charge is 2.15. The first-order valence-electron chi connectivity index (χ1n) is 8.31. The second kappa shape index (κ2) is 9.11. The van der Waals surface area contributed by atoms with Crippen LogP contribution >= 0.6 is 0 Å². The van der Waals surface area contributed by atoms with E-state index in [4.69, 9.17) is 0 Å². The van der Waals surface area contributed by atoms with Crippen molar-refractivity contribution in [3.63, 3.8) is 0 Å². The summed E-state index contributed by atoms with van der Waals surface area (Å²) >= 11 is 0. The molecule has 2 aromatic carbocycles. The van der Waals surface area contributed by atoms with Gasteiger partial charge in [-0.25, -0.2) is 26.3 Å². The Labute approximate surface area is 164 Å². The van der Waals surface area contributed by atoms with E-state index in [1.165, 1.54) is 54.6 Å². The van der Waals surface area contributed by atoms with Gasteiger partial charge in [0.15, 0.2) is 0 Å². The standard InChI is InChI=1S/C18H21N3O5S2/c1-3-13-20-28(25,26)16-9-5-14(6-10-16)18(22)21-15-7-11-17(12-8-15)27(23,24)19-4-2/h3,5-12,19-20H,1,4,13H2,2H3,(H,21,22). The lowest BCUT2D eigenvalue weighted by molar-refractivity contribution is 0.102. The van der Waals surface area contributed by atoms with Crippen LogP contribution < -0.4 is 14.8 Å². The molecule has 3 N–H and O–H groups in total. The van der Waals surface area contributed by atoms with E-state index in [1.54, 1.807) is 6.92 Å². The molecule has 1 amide bonds. The van der Waals surface area contributed by atoms with Crippen molar-refractivity contribution in [1.82, 2.24) is 9.44 Å². The Morgan fingerprint density at radius 2 is 1.39 bits per heavy atom. The summed E-state index contributed by atoms with van der Waals surface area (Å²) < 4.78 is 52.6. The summed E-state index contributed by atoms with van der Waals surface area (Å²) in [5.41, 5.74) is 0.664. The van der Waals surface area contributed by atoms with E-state index in [2.05, 4.69) is 21.3 Å². The number of carbonyl (C=O) groups is 1. The Kier molecular flexibility index (Phi) is 7.08. The van der Waals surface area contributed by atoms with E-state index >= 15 is 0 Å². The van der Waals surface area contributed by atoms with Gasteiger partial charge in [-0.3, -0.25) is 4.79 Å². The largest absolute Gasteiger partial charge is 0.322 e. The number of amides is 1. The topological polar surface area (TPSA) is 121 Å². The van der Waals surface area contributed by atoms with Gasteiger partial charge in [-0.2, -0.15) is 0 Å². The van der Waals surface area contributed by atoms with Crippen molar-refractivity contribution < 1.29 is 21.6 Å². The highest BCUT2D eigenvalue weighted by molar-refractivity contribution is 7.89. The molecule has 150 valence electrons. The molecule has 2 rings (SSSR count). The number of sulfonamides is 2. The van der Waals surface area contributed by atoms with E-state index in [0.29, 0.717) is 5.69 Å². The first-order valence-corrected chi connectivity index (χ1v) is 11.3. The third-order valence-electron chi connectivity index (χ3n) is 3.60. The summed E-state index contributed by atoms with van der Waals surface area (Å²) in [5.74, 6) is -0.453. The molecule has 0 saturated carbocycles. The van der Waals surface area contributed by atoms with Crippen molar-refractivity contribution in [3.05, 3.63) is 66.7 Å². The highest BCUT2D eigenvalue weighted by Crippen LogP contribution is 2.16. The van der Waals surface area contributed by atoms with Crippen LogP contribution in [0.25, 0.3) is 0 Å². The van der Waals surface area contributed by atoms with Gasteiger partial charge in [-0.05, 0) is 48.5 Å². The molecule has 0 fully saturated rings. The predicted molar refractivity (Wildman–Crippen MR) is 107 cm³/mol. The van der Waals surface area contributed by atoms with Crippen molar-refractivity contribution in [1.29, 1.82) is 0 Å². The Morgan fingerprint density at radius 1 is 0.893 bits per heavy atom. The van der Waals surface area contributed by atoms with Crippen molar-refractivity contribution in [2.24, 2.45) is 0 Å². The minimum atomic E-state index is -3.66. The van der Waals surface area contributed by atoms with Gasteiger partial charge < -0.3 is 5.32 Å². The number of hydrogen-bond acceptors (Lipinski definition) is 5. The van der Waals surface area contributed by atoms with E-state index in [1.807, 2.05) is 0 Å². The van der Waals surface area contributed by atoms with Gasteiger partial charge in [-0.1, -0.05) is 13.0 Å². The average Bonchev–Trinajstić information content (AvgIpc) is 2.67. The first kappa shape index (κ1) is 21.8. The van der Waals surface area contributed by atoms with E-state index in [0.717, 1.165) is 0 Å². The van der Waals surface area contributed by atoms with E-state index in [9.17, 15) is 21.6 Å². The lowest BCUT2D eigenvalue weighted by Gasteiger charge is -2.09. The van der Waals surface area contributed by atoms with E-state index < -0.39 is 26.0 Å². The molecular formula is C18H21N3O5S2. The van der Waals surface area contributed by atoms with Crippen LogP contribution in [0.3, 0.4) is 0 Å².